The Kier molecular flexibility index (Phi) is 8.32. The molecule has 0 aliphatic rings. The molecule has 0 fully saturated rings. The Hall–Kier alpha value is -1.14. The monoisotopic (exact) mass is 262 g/mol. The van der Waals surface area contributed by atoms with E-state index >= 15 is 0 Å². The van der Waals surface area contributed by atoms with E-state index in [9.17, 15) is 14.7 Å². The minimum absolute atomic E-state index is 0.335. The van der Waals surface area contributed by atoms with Crippen LogP contribution < -0.4 is 0 Å². The summed E-state index contributed by atoms with van der Waals surface area (Å²) >= 11 is 0. The fourth-order valence-electron chi connectivity index (χ4n) is 1.51. The van der Waals surface area contributed by atoms with Crippen molar-refractivity contribution < 1.29 is 29.6 Å². The molecule has 0 rings (SSSR count). The highest BCUT2D eigenvalue weighted by molar-refractivity contribution is 5.84. The van der Waals surface area contributed by atoms with Crippen LogP contribution in [0, 0.1) is 0 Å². The van der Waals surface area contributed by atoms with Gasteiger partial charge in [-0.05, 0) is 12.8 Å². The van der Waals surface area contributed by atoms with E-state index in [1.54, 1.807) is 0 Å². The number of rotatable bonds is 9. The number of carboxylic acid groups (broad SMARTS) is 1. The van der Waals surface area contributed by atoms with Gasteiger partial charge in [-0.1, -0.05) is 33.1 Å². The summed E-state index contributed by atoms with van der Waals surface area (Å²) in [7, 11) is 0. The zero-order valence-corrected chi connectivity index (χ0v) is 10.8. The number of hydrogen-bond acceptors (Lipinski definition) is 5. The summed E-state index contributed by atoms with van der Waals surface area (Å²) in [6.45, 7) is 3.95. The second-order valence-corrected chi connectivity index (χ2v) is 4.22. The Morgan fingerprint density at radius 1 is 1.06 bits per heavy atom. The van der Waals surface area contributed by atoms with Gasteiger partial charge >= 0.3 is 11.9 Å². The number of carbonyl (C=O) groups is 2. The summed E-state index contributed by atoms with van der Waals surface area (Å²) in [5, 5.41) is 26.8. The maximum atomic E-state index is 11.4. The highest BCUT2D eigenvalue weighted by Gasteiger charge is 2.32. The van der Waals surface area contributed by atoms with Crippen molar-refractivity contribution in [2.75, 3.05) is 0 Å². The molecule has 3 unspecified atom stereocenters. The number of unbranched alkanes of at least 4 members (excludes halogenated alkanes) is 1. The van der Waals surface area contributed by atoms with Crippen LogP contribution in [0.5, 0.6) is 0 Å². The Morgan fingerprint density at radius 3 is 2.11 bits per heavy atom. The van der Waals surface area contributed by atoms with Gasteiger partial charge in [-0.2, -0.15) is 0 Å². The Morgan fingerprint density at radius 2 is 1.67 bits per heavy atom. The summed E-state index contributed by atoms with van der Waals surface area (Å²) in [6, 6.07) is 0. The topological polar surface area (TPSA) is 104 Å². The number of aliphatic hydroxyl groups excluding tert-OH is 2. The summed E-state index contributed by atoms with van der Waals surface area (Å²) in [6.07, 6.45) is -0.534. The third-order valence-electron chi connectivity index (χ3n) is 2.57. The third-order valence-corrected chi connectivity index (χ3v) is 2.57. The van der Waals surface area contributed by atoms with Crippen molar-refractivity contribution in [3.05, 3.63) is 0 Å². The van der Waals surface area contributed by atoms with Crippen LogP contribution in [0.4, 0.5) is 0 Å². The van der Waals surface area contributed by atoms with E-state index in [1.807, 2.05) is 13.8 Å². The molecule has 0 radical (unpaired) electrons. The second kappa shape index (κ2) is 8.88. The minimum Gasteiger partial charge on any atom is -0.479 e. The fourth-order valence-corrected chi connectivity index (χ4v) is 1.51. The molecule has 0 aliphatic carbocycles. The molecule has 6 nitrogen and oxygen atoms in total. The molecule has 0 aromatic rings. The number of aliphatic hydroxyl groups is 2. The minimum atomic E-state index is -2.15. The lowest BCUT2D eigenvalue weighted by molar-refractivity contribution is -0.174. The van der Waals surface area contributed by atoms with Crippen molar-refractivity contribution >= 4 is 11.9 Å². The summed E-state index contributed by atoms with van der Waals surface area (Å²) in [5.74, 6) is -2.74. The number of hydrogen-bond donors (Lipinski definition) is 3. The van der Waals surface area contributed by atoms with E-state index in [0.29, 0.717) is 12.8 Å². The molecule has 0 aromatic heterocycles. The van der Waals surface area contributed by atoms with Crippen LogP contribution in [0.15, 0.2) is 0 Å². The van der Waals surface area contributed by atoms with Crippen LogP contribution in [0.2, 0.25) is 0 Å². The summed E-state index contributed by atoms with van der Waals surface area (Å²) < 4.78 is 5.01. The van der Waals surface area contributed by atoms with Gasteiger partial charge in [0.2, 0.25) is 0 Å². The van der Waals surface area contributed by atoms with E-state index in [1.165, 1.54) is 0 Å². The van der Waals surface area contributed by atoms with Gasteiger partial charge in [0, 0.05) is 0 Å². The predicted molar refractivity (Wildman–Crippen MR) is 64.0 cm³/mol. The van der Waals surface area contributed by atoms with Gasteiger partial charge in [0.25, 0.3) is 0 Å². The van der Waals surface area contributed by atoms with Gasteiger partial charge in [-0.3, -0.25) is 0 Å². The van der Waals surface area contributed by atoms with Gasteiger partial charge < -0.3 is 20.1 Å². The molecule has 0 saturated heterocycles. The first-order chi connectivity index (χ1) is 8.43. The molecule has 0 aliphatic heterocycles. The molecule has 0 spiro atoms. The van der Waals surface area contributed by atoms with Crippen LogP contribution >= 0.6 is 0 Å². The van der Waals surface area contributed by atoms with Crippen LogP contribution in [0.25, 0.3) is 0 Å². The molecule has 0 heterocycles. The molecule has 0 aromatic carbocycles. The zero-order valence-electron chi connectivity index (χ0n) is 10.8. The smallest absolute Gasteiger partial charge is 0.338 e. The number of carbonyl (C=O) groups excluding carboxylic acids is 1. The van der Waals surface area contributed by atoms with Crippen molar-refractivity contribution in [2.45, 2.75) is 64.3 Å². The van der Waals surface area contributed by atoms with Crippen LogP contribution in [-0.4, -0.2) is 45.6 Å². The lowest BCUT2D eigenvalue weighted by Crippen LogP contribution is -2.41. The maximum absolute atomic E-state index is 11.4. The van der Waals surface area contributed by atoms with Crippen LogP contribution in [-0.2, 0) is 14.3 Å². The summed E-state index contributed by atoms with van der Waals surface area (Å²) in [5.41, 5.74) is 0. The summed E-state index contributed by atoms with van der Waals surface area (Å²) in [4.78, 5) is 21.9. The van der Waals surface area contributed by atoms with E-state index in [-0.39, 0.29) is 6.10 Å². The van der Waals surface area contributed by atoms with E-state index in [0.717, 1.165) is 19.3 Å². The van der Waals surface area contributed by atoms with Gasteiger partial charge in [-0.15, -0.1) is 0 Å². The Bertz CT molecular complexity index is 265. The van der Waals surface area contributed by atoms with Gasteiger partial charge in [0.15, 0.2) is 12.2 Å². The molecule has 3 N–H and O–H groups in total. The van der Waals surface area contributed by atoms with Gasteiger partial charge in [-0.25, -0.2) is 9.59 Å². The second-order valence-electron chi connectivity index (χ2n) is 4.22. The van der Waals surface area contributed by atoms with Crippen molar-refractivity contribution in [3.63, 3.8) is 0 Å². The SMILES string of the molecule is CCCCC(CCC)OC(=O)C(O)C(O)C(=O)O. The predicted octanol–water partition coefficient (Wildman–Crippen LogP) is 0.695. The molecule has 3 atom stereocenters. The average molecular weight is 262 g/mol. The molecule has 0 amide bonds. The van der Waals surface area contributed by atoms with Crippen molar-refractivity contribution in [1.82, 2.24) is 0 Å². The van der Waals surface area contributed by atoms with Crippen molar-refractivity contribution in [1.29, 1.82) is 0 Å². The molecule has 106 valence electrons. The first-order valence-electron chi connectivity index (χ1n) is 6.23. The van der Waals surface area contributed by atoms with Crippen LogP contribution in [0.3, 0.4) is 0 Å². The Balaban J connectivity index is 4.34. The quantitative estimate of drug-likeness (QED) is 0.528. The standard InChI is InChI=1S/C12H22O6/c1-3-5-7-8(6-4-2)18-12(17)10(14)9(13)11(15)16/h8-10,13-14H,3-7H2,1-2H3,(H,15,16). The van der Waals surface area contributed by atoms with Gasteiger partial charge in [0.05, 0.1) is 0 Å². The molecule has 18 heavy (non-hydrogen) atoms. The number of ether oxygens (including phenoxy) is 1. The average Bonchev–Trinajstić information content (AvgIpc) is 2.34. The lowest BCUT2D eigenvalue weighted by Gasteiger charge is -2.20. The Labute approximate surface area is 107 Å². The highest BCUT2D eigenvalue weighted by Crippen LogP contribution is 2.12. The number of esters is 1. The maximum Gasteiger partial charge on any atom is 0.338 e. The van der Waals surface area contributed by atoms with E-state index in [2.05, 4.69) is 0 Å². The first kappa shape index (κ1) is 16.9. The molecule has 0 saturated carbocycles. The number of carboxylic acids is 1. The van der Waals surface area contributed by atoms with Crippen LogP contribution in [0.1, 0.15) is 46.0 Å². The fraction of sp³-hybridized carbons (Fsp3) is 0.833. The zero-order chi connectivity index (χ0) is 14.1. The van der Waals surface area contributed by atoms with E-state index < -0.39 is 24.1 Å². The molecular formula is C12H22O6. The molecule has 6 heteroatoms. The normalized spacial score (nSPS) is 15.8. The third kappa shape index (κ3) is 5.97. The van der Waals surface area contributed by atoms with E-state index in [4.69, 9.17) is 14.9 Å². The number of aliphatic carboxylic acids is 1. The highest BCUT2D eigenvalue weighted by atomic mass is 16.6. The molecular weight excluding hydrogens is 240 g/mol. The molecule has 0 bridgehead atoms. The van der Waals surface area contributed by atoms with Gasteiger partial charge in [0.1, 0.15) is 6.10 Å². The lowest BCUT2D eigenvalue weighted by atomic mass is 10.1. The van der Waals surface area contributed by atoms with Crippen molar-refractivity contribution in [3.8, 4) is 0 Å². The first-order valence-corrected chi connectivity index (χ1v) is 6.23. The largest absolute Gasteiger partial charge is 0.479 e. The van der Waals surface area contributed by atoms with Crippen molar-refractivity contribution in [2.24, 2.45) is 0 Å².